The molecule has 2 nitrogen and oxygen atoms in total. The fraction of sp³-hybridized carbons (Fsp3) is 0.600. The molecule has 2 fully saturated rings. The van der Waals surface area contributed by atoms with Crippen molar-refractivity contribution in [2.24, 2.45) is 0 Å². The second-order valence-electron chi connectivity index (χ2n) is 5.53. The van der Waals surface area contributed by atoms with E-state index in [-0.39, 0.29) is 5.54 Å². The number of hydrogen-bond donors (Lipinski definition) is 1. The molecule has 1 aromatic carbocycles. The predicted molar refractivity (Wildman–Crippen MR) is 69.3 cm³/mol. The van der Waals surface area contributed by atoms with Gasteiger partial charge in [0.25, 0.3) is 0 Å². The Labute approximate surface area is 103 Å². The number of rotatable bonds is 3. The maximum Gasteiger partial charge on any atom is 0.124 e. The Morgan fingerprint density at radius 3 is 2.71 bits per heavy atom. The molecule has 17 heavy (non-hydrogen) atoms. The first-order valence-electron chi connectivity index (χ1n) is 6.79. The zero-order valence-corrected chi connectivity index (χ0v) is 10.5. The first-order chi connectivity index (χ1) is 8.28. The summed E-state index contributed by atoms with van der Waals surface area (Å²) in [5.74, 6) is 1.09. The highest BCUT2D eigenvalue weighted by molar-refractivity contribution is 5.39. The Hall–Kier alpha value is -1.02. The van der Waals surface area contributed by atoms with Crippen molar-refractivity contribution in [2.75, 3.05) is 6.54 Å². The average Bonchev–Trinajstić information content (AvgIpc) is 2.72. The molecule has 0 aromatic heterocycles. The van der Waals surface area contributed by atoms with Crippen LogP contribution in [0.25, 0.3) is 0 Å². The number of nitrogens with one attached hydrogen (secondary N) is 1. The van der Waals surface area contributed by atoms with Crippen LogP contribution in [0, 0.1) is 0 Å². The van der Waals surface area contributed by atoms with Crippen LogP contribution in [0.2, 0.25) is 0 Å². The fourth-order valence-electron chi connectivity index (χ4n) is 2.82. The van der Waals surface area contributed by atoms with E-state index in [1.54, 1.807) is 0 Å². The van der Waals surface area contributed by atoms with Crippen molar-refractivity contribution < 1.29 is 4.74 Å². The third-order valence-electron chi connectivity index (χ3n) is 4.20. The number of benzene rings is 1. The van der Waals surface area contributed by atoms with E-state index in [4.69, 9.17) is 4.74 Å². The molecule has 1 heterocycles. The first kappa shape index (κ1) is 11.1. The Balaban J connectivity index is 1.86. The minimum absolute atomic E-state index is 0.111. The second kappa shape index (κ2) is 4.34. The second-order valence-corrected chi connectivity index (χ2v) is 5.53. The molecule has 3 rings (SSSR count). The highest BCUT2D eigenvalue weighted by Crippen LogP contribution is 2.37. The van der Waals surface area contributed by atoms with Crippen molar-refractivity contribution in [3.63, 3.8) is 0 Å². The topological polar surface area (TPSA) is 21.3 Å². The van der Waals surface area contributed by atoms with E-state index in [0.717, 1.165) is 12.3 Å². The van der Waals surface area contributed by atoms with Crippen LogP contribution in [0.4, 0.5) is 0 Å². The van der Waals surface area contributed by atoms with E-state index in [1.165, 1.54) is 37.7 Å². The van der Waals surface area contributed by atoms with E-state index in [2.05, 4.69) is 36.5 Å². The van der Waals surface area contributed by atoms with Gasteiger partial charge in [0.15, 0.2) is 0 Å². The van der Waals surface area contributed by atoms with Gasteiger partial charge in [-0.1, -0.05) is 18.2 Å². The van der Waals surface area contributed by atoms with Crippen LogP contribution in [0.15, 0.2) is 24.3 Å². The zero-order valence-electron chi connectivity index (χ0n) is 10.5. The lowest BCUT2D eigenvalue weighted by molar-refractivity contribution is 0.117. The summed E-state index contributed by atoms with van der Waals surface area (Å²) in [7, 11) is 0. The van der Waals surface area contributed by atoms with E-state index >= 15 is 0 Å². The van der Waals surface area contributed by atoms with E-state index in [9.17, 15) is 0 Å². The standard InChI is InChI=1S/C15H21NO/c1-15(10-5-11-16-15)13-8-2-3-9-14(13)17-12-6-4-7-12/h2-3,8-9,12,16H,4-7,10-11H2,1H3. The lowest BCUT2D eigenvalue weighted by Gasteiger charge is -2.32. The molecule has 0 bridgehead atoms. The third-order valence-corrected chi connectivity index (χ3v) is 4.20. The molecule has 1 saturated carbocycles. The van der Waals surface area contributed by atoms with Crippen molar-refractivity contribution in [3.05, 3.63) is 29.8 Å². The van der Waals surface area contributed by atoms with Gasteiger partial charge in [-0.2, -0.15) is 0 Å². The smallest absolute Gasteiger partial charge is 0.124 e. The molecule has 1 aromatic rings. The molecule has 1 saturated heterocycles. The van der Waals surface area contributed by atoms with Gasteiger partial charge >= 0.3 is 0 Å². The van der Waals surface area contributed by atoms with Crippen molar-refractivity contribution >= 4 is 0 Å². The summed E-state index contributed by atoms with van der Waals surface area (Å²) >= 11 is 0. The molecule has 1 unspecified atom stereocenters. The van der Waals surface area contributed by atoms with E-state index in [0.29, 0.717) is 6.10 Å². The van der Waals surface area contributed by atoms with Crippen LogP contribution >= 0.6 is 0 Å². The van der Waals surface area contributed by atoms with Gasteiger partial charge in [-0.05, 0) is 51.6 Å². The molecule has 2 aliphatic rings. The Morgan fingerprint density at radius 1 is 1.24 bits per heavy atom. The number of para-hydroxylation sites is 1. The molecule has 0 radical (unpaired) electrons. The van der Waals surface area contributed by atoms with Crippen LogP contribution in [0.5, 0.6) is 5.75 Å². The van der Waals surface area contributed by atoms with Gasteiger partial charge in [0.2, 0.25) is 0 Å². The van der Waals surface area contributed by atoms with Crippen LogP contribution in [0.3, 0.4) is 0 Å². The quantitative estimate of drug-likeness (QED) is 0.862. The molecule has 1 aliphatic carbocycles. The predicted octanol–water partition coefficient (Wildman–Crippen LogP) is 3.22. The number of hydrogen-bond acceptors (Lipinski definition) is 2. The van der Waals surface area contributed by atoms with Gasteiger partial charge < -0.3 is 10.1 Å². The summed E-state index contributed by atoms with van der Waals surface area (Å²) in [6.07, 6.45) is 6.69. The van der Waals surface area contributed by atoms with Crippen LogP contribution < -0.4 is 10.1 Å². The van der Waals surface area contributed by atoms with Gasteiger partial charge in [-0.15, -0.1) is 0 Å². The molecule has 1 atom stereocenters. The molecule has 0 spiro atoms. The summed E-state index contributed by atoms with van der Waals surface area (Å²) < 4.78 is 6.12. The van der Waals surface area contributed by atoms with E-state index < -0.39 is 0 Å². The Morgan fingerprint density at radius 2 is 2.06 bits per heavy atom. The summed E-state index contributed by atoms with van der Waals surface area (Å²) in [6, 6.07) is 8.54. The first-order valence-corrected chi connectivity index (χ1v) is 6.79. The van der Waals surface area contributed by atoms with Crippen LogP contribution in [-0.2, 0) is 5.54 Å². The zero-order chi connectivity index (χ0) is 11.7. The minimum atomic E-state index is 0.111. The molecule has 1 aliphatic heterocycles. The SMILES string of the molecule is CC1(c2ccccc2OC2CCC2)CCCN1. The third kappa shape index (κ3) is 2.06. The number of ether oxygens (including phenoxy) is 1. The molecular formula is C15H21NO. The highest BCUT2D eigenvalue weighted by atomic mass is 16.5. The molecular weight excluding hydrogens is 210 g/mol. The molecule has 92 valence electrons. The average molecular weight is 231 g/mol. The Kier molecular flexibility index (Phi) is 2.83. The normalized spacial score (nSPS) is 29.0. The molecule has 2 heteroatoms. The van der Waals surface area contributed by atoms with Crippen LogP contribution in [-0.4, -0.2) is 12.6 Å². The van der Waals surface area contributed by atoms with E-state index in [1.807, 2.05) is 0 Å². The van der Waals surface area contributed by atoms with Crippen molar-refractivity contribution in [1.82, 2.24) is 5.32 Å². The van der Waals surface area contributed by atoms with Gasteiger partial charge in [-0.25, -0.2) is 0 Å². The van der Waals surface area contributed by atoms with Crippen molar-refractivity contribution in [1.29, 1.82) is 0 Å². The largest absolute Gasteiger partial charge is 0.490 e. The molecule has 1 N–H and O–H groups in total. The van der Waals surface area contributed by atoms with Crippen molar-refractivity contribution in [3.8, 4) is 5.75 Å². The summed E-state index contributed by atoms with van der Waals surface area (Å²) in [6.45, 7) is 3.41. The minimum Gasteiger partial charge on any atom is -0.490 e. The summed E-state index contributed by atoms with van der Waals surface area (Å²) in [5, 5.41) is 3.62. The van der Waals surface area contributed by atoms with Crippen LogP contribution in [0.1, 0.15) is 44.6 Å². The Bertz CT molecular complexity index is 392. The summed E-state index contributed by atoms with van der Waals surface area (Å²) in [4.78, 5) is 0. The van der Waals surface area contributed by atoms with Gasteiger partial charge in [0, 0.05) is 11.1 Å². The lowest BCUT2D eigenvalue weighted by Crippen LogP contribution is -2.34. The fourth-order valence-corrected chi connectivity index (χ4v) is 2.82. The molecule has 0 amide bonds. The maximum absolute atomic E-state index is 6.12. The summed E-state index contributed by atoms with van der Waals surface area (Å²) in [5.41, 5.74) is 1.45. The van der Waals surface area contributed by atoms with Crippen molar-refractivity contribution in [2.45, 2.75) is 50.7 Å². The monoisotopic (exact) mass is 231 g/mol. The van der Waals surface area contributed by atoms with Gasteiger partial charge in [0.05, 0.1) is 6.10 Å². The van der Waals surface area contributed by atoms with Gasteiger partial charge in [0.1, 0.15) is 5.75 Å². The highest BCUT2D eigenvalue weighted by Gasteiger charge is 2.33. The van der Waals surface area contributed by atoms with Gasteiger partial charge in [-0.3, -0.25) is 0 Å². The maximum atomic E-state index is 6.12. The lowest BCUT2D eigenvalue weighted by atomic mass is 9.89.